The molecule has 4 atom stereocenters. The summed E-state index contributed by atoms with van der Waals surface area (Å²) in [6, 6.07) is 4.63. The molecule has 1 aliphatic rings. The lowest BCUT2D eigenvalue weighted by atomic mass is 10.1. The van der Waals surface area contributed by atoms with Gasteiger partial charge in [0.05, 0.1) is 17.9 Å². The molecule has 158 valence electrons. The van der Waals surface area contributed by atoms with Gasteiger partial charge in [0.25, 0.3) is 5.69 Å². The molecule has 1 fully saturated rings. The third-order valence-corrected chi connectivity index (χ3v) is 5.14. The van der Waals surface area contributed by atoms with Gasteiger partial charge in [0.1, 0.15) is 24.6 Å². The summed E-state index contributed by atoms with van der Waals surface area (Å²) in [7, 11) is 0. The molecular weight excluding hydrogens is 396 g/mol. The van der Waals surface area contributed by atoms with Gasteiger partial charge in [-0.25, -0.2) is 15.0 Å². The first-order chi connectivity index (χ1) is 14.4. The number of aliphatic hydroxyl groups excluding tert-OH is 3. The van der Waals surface area contributed by atoms with Crippen LogP contribution < -0.4 is 5.32 Å². The van der Waals surface area contributed by atoms with Gasteiger partial charge in [-0.15, -0.1) is 0 Å². The van der Waals surface area contributed by atoms with Crippen molar-refractivity contribution < 1.29 is 25.0 Å². The van der Waals surface area contributed by atoms with E-state index >= 15 is 0 Å². The maximum atomic E-state index is 11.0. The molecule has 0 bridgehead atoms. The zero-order chi connectivity index (χ0) is 21.4. The Hall–Kier alpha value is -3.19. The van der Waals surface area contributed by atoms with E-state index in [0.717, 1.165) is 11.1 Å². The predicted molar refractivity (Wildman–Crippen MR) is 103 cm³/mol. The number of aromatic nitrogens is 4. The second-order valence-electron chi connectivity index (χ2n) is 7.00. The lowest BCUT2D eigenvalue weighted by Gasteiger charge is -2.16. The van der Waals surface area contributed by atoms with E-state index in [-0.39, 0.29) is 12.2 Å². The van der Waals surface area contributed by atoms with Crippen LogP contribution in [-0.2, 0) is 11.3 Å². The minimum absolute atomic E-state index is 0.00104. The second kappa shape index (κ2) is 7.91. The average molecular weight is 416 g/mol. The largest absolute Gasteiger partial charge is 0.394 e. The first kappa shape index (κ1) is 20.1. The molecule has 3 heterocycles. The normalized spacial score (nSPS) is 23.7. The fourth-order valence-electron chi connectivity index (χ4n) is 3.42. The molecule has 0 radical (unpaired) electrons. The van der Waals surface area contributed by atoms with Crippen molar-refractivity contribution in [3.05, 3.63) is 52.1 Å². The Morgan fingerprint density at radius 2 is 2.07 bits per heavy atom. The van der Waals surface area contributed by atoms with Gasteiger partial charge in [-0.1, -0.05) is 6.07 Å². The highest BCUT2D eigenvalue weighted by Gasteiger charge is 2.44. The van der Waals surface area contributed by atoms with Crippen molar-refractivity contribution in [2.24, 2.45) is 0 Å². The standard InChI is InChI=1S/C18H20N6O6/c1-9-2-3-11(24(28)29)4-10(9)5-19-16-13-17(21-7-20-16)23(8-22-13)18-15(27)14(26)12(6-25)30-18/h2-4,7-8,12,14-15,18,25-27H,5-6H2,1H3,(H,19,20,21)/t12-,14-,15-,18?/m1/s1. The number of aryl methyl sites for hydroxylation is 1. The monoisotopic (exact) mass is 416 g/mol. The fourth-order valence-corrected chi connectivity index (χ4v) is 3.42. The summed E-state index contributed by atoms with van der Waals surface area (Å²) in [5, 5.41) is 43.7. The highest BCUT2D eigenvalue weighted by molar-refractivity contribution is 5.82. The van der Waals surface area contributed by atoms with Crippen LogP contribution in [0, 0.1) is 17.0 Å². The van der Waals surface area contributed by atoms with E-state index in [9.17, 15) is 25.4 Å². The lowest BCUT2D eigenvalue weighted by molar-refractivity contribution is -0.384. The van der Waals surface area contributed by atoms with Crippen LogP contribution in [0.1, 0.15) is 17.4 Å². The number of hydrogen-bond donors (Lipinski definition) is 4. The van der Waals surface area contributed by atoms with Gasteiger partial charge in [0.15, 0.2) is 23.2 Å². The number of fused-ring (bicyclic) bond motifs is 1. The summed E-state index contributed by atoms with van der Waals surface area (Å²) < 4.78 is 7.00. The third-order valence-electron chi connectivity index (χ3n) is 5.14. The molecule has 12 heteroatoms. The maximum Gasteiger partial charge on any atom is 0.269 e. The molecule has 1 unspecified atom stereocenters. The lowest BCUT2D eigenvalue weighted by Crippen LogP contribution is -2.33. The predicted octanol–water partition coefficient (Wildman–Crippen LogP) is 0.267. The summed E-state index contributed by atoms with van der Waals surface area (Å²) in [5.74, 6) is 0.399. The molecule has 3 aromatic rings. The number of anilines is 1. The van der Waals surface area contributed by atoms with E-state index in [1.807, 2.05) is 6.92 Å². The number of rotatable bonds is 6. The summed E-state index contributed by atoms with van der Waals surface area (Å²) in [6.07, 6.45) is -1.68. The molecule has 1 aromatic carbocycles. The molecule has 4 N–H and O–H groups in total. The number of non-ortho nitro benzene ring substituents is 1. The number of aliphatic hydroxyl groups is 3. The van der Waals surface area contributed by atoms with Crippen LogP contribution >= 0.6 is 0 Å². The Labute approximate surface area is 169 Å². The molecule has 2 aromatic heterocycles. The number of benzene rings is 1. The highest BCUT2D eigenvalue weighted by atomic mass is 16.6. The van der Waals surface area contributed by atoms with Crippen LogP contribution in [0.4, 0.5) is 11.5 Å². The molecule has 0 saturated carbocycles. The zero-order valence-corrected chi connectivity index (χ0v) is 15.9. The average Bonchev–Trinajstić information content (AvgIpc) is 3.28. The summed E-state index contributed by atoms with van der Waals surface area (Å²) >= 11 is 0. The van der Waals surface area contributed by atoms with Gasteiger partial charge in [-0.05, 0) is 18.1 Å². The van der Waals surface area contributed by atoms with E-state index in [2.05, 4.69) is 20.3 Å². The topological polar surface area (TPSA) is 169 Å². The number of nitro groups is 1. The van der Waals surface area contributed by atoms with E-state index in [1.165, 1.54) is 29.4 Å². The molecule has 0 spiro atoms. The summed E-state index contributed by atoms with van der Waals surface area (Å²) in [5.41, 5.74) is 2.38. The van der Waals surface area contributed by atoms with Crippen molar-refractivity contribution in [1.82, 2.24) is 19.5 Å². The van der Waals surface area contributed by atoms with E-state index < -0.39 is 36.1 Å². The Kier molecular flexibility index (Phi) is 5.30. The number of nitrogens with zero attached hydrogens (tertiary/aromatic N) is 5. The van der Waals surface area contributed by atoms with E-state index in [4.69, 9.17) is 4.74 Å². The van der Waals surface area contributed by atoms with Gasteiger partial charge < -0.3 is 25.4 Å². The minimum Gasteiger partial charge on any atom is -0.394 e. The second-order valence-corrected chi connectivity index (χ2v) is 7.00. The molecule has 1 aliphatic heterocycles. The first-order valence-corrected chi connectivity index (χ1v) is 9.18. The number of ether oxygens (including phenoxy) is 1. The van der Waals surface area contributed by atoms with Crippen LogP contribution in [0.15, 0.2) is 30.9 Å². The van der Waals surface area contributed by atoms with Gasteiger partial charge >= 0.3 is 0 Å². The molecule has 1 saturated heterocycles. The van der Waals surface area contributed by atoms with Crippen molar-refractivity contribution in [2.45, 2.75) is 38.0 Å². The Morgan fingerprint density at radius 3 is 2.77 bits per heavy atom. The van der Waals surface area contributed by atoms with Gasteiger partial charge in [-0.3, -0.25) is 14.7 Å². The zero-order valence-electron chi connectivity index (χ0n) is 15.9. The number of hydrogen-bond acceptors (Lipinski definition) is 10. The van der Waals surface area contributed by atoms with Gasteiger partial charge in [-0.2, -0.15) is 0 Å². The molecule has 4 rings (SSSR count). The molecule has 12 nitrogen and oxygen atoms in total. The van der Waals surface area contributed by atoms with Crippen molar-refractivity contribution >= 4 is 22.7 Å². The number of nitrogens with one attached hydrogen (secondary N) is 1. The van der Waals surface area contributed by atoms with Crippen molar-refractivity contribution in [3.8, 4) is 0 Å². The van der Waals surface area contributed by atoms with Crippen molar-refractivity contribution in [2.75, 3.05) is 11.9 Å². The Balaban J connectivity index is 1.60. The third kappa shape index (κ3) is 3.45. The molecular formula is C18H20N6O6. The van der Waals surface area contributed by atoms with Crippen molar-refractivity contribution in [1.29, 1.82) is 0 Å². The highest BCUT2D eigenvalue weighted by Crippen LogP contribution is 2.32. The van der Waals surface area contributed by atoms with Gasteiger partial charge in [0.2, 0.25) is 0 Å². The van der Waals surface area contributed by atoms with Crippen LogP contribution in [0.25, 0.3) is 11.2 Å². The van der Waals surface area contributed by atoms with E-state index in [0.29, 0.717) is 17.0 Å². The molecule has 0 aliphatic carbocycles. The first-order valence-electron chi connectivity index (χ1n) is 9.18. The quantitative estimate of drug-likeness (QED) is 0.323. The van der Waals surface area contributed by atoms with Crippen LogP contribution in [0.5, 0.6) is 0 Å². The molecule has 0 amide bonds. The number of nitro benzene ring substituents is 1. The van der Waals surface area contributed by atoms with Gasteiger partial charge in [0, 0.05) is 18.7 Å². The summed E-state index contributed by atoms with van der Waals surface area (Å²) in [6.45, 7) is 1.69. The minimum atomic E-state index is -1.27. The molecule has 30 heavy (non-hydrogen) atoms. The Morgan fingerprint density at radius 1 is 1.27 bits per heavy atom. The maximum absolute atomic E-state index is 11.0. The Bertz CT molecular complexity index is 1090. The van der Waals surface area contributed by atoms with Crippen molar-refractivity contribution in [3.63, 3.8) is 0 Å². The number of imidazole rings is 1. The van der Waals surface area contributed by atoms with Crippen LogP contribution in [-0.4, -0.2) is 64.7 Å². The summed E-state index contributed by atoms with van der Waals surface area (Å²) in [4.78, 5) is 23.2. The SMILES string of the molecule is Cc1ccc([N+](=O)[O-])cc1CNc1ncnc2c1ncn2C1O[C@H](CO)[C@@H](O)[C@H]1O. The van der Waals surface area contributed by atoms with Crippen LogP contribution in [0.2, 0.25) is 0 Å². The smallest absolute Gasteiger partial charge is 0.269 e. The van der Waals surface area contributed by atoms with E-state index in [1.54, 1.807) is 6.07 Å². The van der Waals surface area contributed by atoms with Crippen LogP contribution in [0.3, 0.4) is 0 Å². The fraction of sp³-hybridized carbons (Fsp3) is 0.389.